The number of Topliss-reactive ketones (excluding diaryl/α,β-unsaturated/α-hetero) is 1. The van der Waals surface area contributed by atoms with E-state index in [2.05, 4.69) is 12.2 Å². The largest absolute Gasteiger partial charge is 0.300 e. The molecule has 0 aromatic rings. The molecule has 0 aromatic heterocycles. The number of carbonyl (C=O) groups excluding carboxylic acids is 3. The van der Waals surface area contributed by atoms with Crippen molar-refractivity contribution in [1.29, 1.82) is 0 Å². The first-order chi connectivity index (χ1) is 8.04. The predicted molar refractivity (Wildman–Crippen MR) is 64.2 cm³/mol. The summed E-state index contributed by atoms with van der Waals surface area (Å²) in [5.74, 6) is -0.154. The lowest BCUT2D eigenvalue weighted by Crippen LogP contribution is -2.40. The van der Waals surface area contributed by atoms with E-state index in [1.807, 2.05) is 0 Å². The van der Waals surface area contributed by atoms with E-state index in [4.69, 9.17) is 0 Å². The first kappa shape index (κ1) is 13.9. The molecule has 0 bridgehead atoms. The van der Waals surface area contributed by atoms with Gasteiger partial charge in [0, 0.05) is 18.3 Å². The summed E-state index contributed by atoms with van der Waals surface area (Å²) in [6.45, 7) is 3.67. The van der Waals surface area contributed by atoms with Crippen LogP contribution in [0, 0.1) is 11.8 Å². The van der Waals surface area contributed by atoms with Gasteiger partial charge in [0.15, 0.2) is 0 Å². The number of ketones is 1. The number of amides is 2. The molecule has 2 amide bonds. The number of rotatable bonds is 6. The van der Waals surface area contributed by atoms with Crippen LogP contribution < -0.4 is 5.32 Å². The van der Waals surface area contributed by atoms with Gasteiger partial charge in [-0.3, -0.25) is 19.7 Å². The average Bonchev–Trinajstić information content (AvgIpc) is 2.25. The summed E-state index contributed by atoms with van der Waals surface area (Å²) in [6, 6.07) is 0. The van der Waals surface area contributed by atoms with E-state index < -0.39 is 0 Å². The Morgan fingerprint density at radius 1 is 1.41 bits per heavy atom. The molecule has 17 heavy (non-hydrogen) atoms. The van der Waals surface area contributed by atoms with E-state index in [0.717, 1.165) is 19.3 Å². The van der Waals surface area contributed by atoms with Gasteiger partial charge in [0.25, 0.3) is 0 Å². The van der Waals surface area contributed by atoms with Gasteiger partial charge in [0.05, 0.1) is 0 Å². The maximum Gasteiger partial charge on any atom is 0.229 e. The Morgan fingerprint density at radius 3 is 2.65 bits per heavy atom. The van der Waals surface area contributed by atoms with Crippen LogP contribution in [0.1, 0.15) is 52.4 Å². The summed E-state index contributed by atoms with van der Waals surface area (Å²) < 4.78 is 0. The SMILES string of the molecule is CCCC(CCC1CCC(=O)NC1=O)C(C)=O. The van der Waals surface area contributed by atoms with Crippen molar-refractivity contribution in [2.24, 2.45) is 11.8 Å². The molecule has 1 aliphatic rings. The van der Waals surface area contributed by atoms with Gasteiger partial charge in [-0.05, 0) is 32.6 Å². The monoisotopic (exact) mass is 239 g/mol. The van der Waals surface area contributed by atoms with Crippen LogP contribution in [0.3, 0.4) is 0 Å². The molecule has 1 N–H and O–H groups in total. The van der Waals surface area contributed by atoms with E-state index >= 15 is 0 Å². The highest BCUT2D eigenvalue weighted by Crippen LogP contribution is 2.23. The lowest BCUT2D eigenvalue weighted by molar-refractivity contribution is -0.137. The van der Waals surface area contributed by atoms with Crippen LogP contribution in [0.15, 0.2) is 0 Å². The van der Waals surface area contributed by atoms with Crippen LogP contribution in [0.25, 0.3) is 0 Å². The lowest BCUT2D eigenvalue weighted by atomic mass is 9.86. The summed E-state index contributed by atoms with van der Waals surface area (Å²) in [4.78, 5) is 33.9. The Kier molecular flexibility index (Phi) is 5.32. The van der Waals surface area contributed by atoms with E-state index in [1.165, 1.54) is 0 Å². The maximum atomic E-state index is 11.5. The topological polar surface area (TPSA) is 63.2 Å². The Labute approximate surface area is 102 Å². The molecule has 2 unspecified atom stereocenters. The zero-order chi connectivity index (χ0) is 12.8. The number of piperidine rings is 1. The quantitative estimate of drug-likeness (QED) is 0.719. The zero-order valence-corrected chi connectivity index (χ0v) is 10.6. The van der Waals surface area contributed by atoms with Gasteiger partial charge in [-0.15, -0.1) is 0 Å². The van der Waals surface area contributed by atoms with Crippen molar-refractivity contribution in [3.63, 3.8) is 0 Å². The first-order valence-corrected chi connectivity index (χ1v) is 6.38. The van der Waals surface area contributed by atoms with E-state index in [1.54, 1.807) is 6.92 Å². The molecule has 2 atom stereocenters. The van der Waals surface area contributed by atoms with E-state index in [-0.39, 0.29) is 29.4 Å². The predicted octanol–water partition coefficient (Wildman–Crippen LogP) is 1.82. The van der Waals surface area contributed by atoms with Gasteiger partial charge in [0.2, 0.25) is 11.8 Å². The number of nitrogens with one attached hydrogen (secondary N) is 1. The van der Waals surface area contributed by atoms with Crippen LogP contribution in [0.4, 0.5) is 0 Å². The van der Waals surface area contributed by atoms with Gasteiger partial charge < -0.3 is 0 Å². The first-order valence-electron chi connectivity index (χ1n) is 6.38. The minimum absolute atomic E-state index is 0.0745. The van der Waals surface area contributed by atoms with Gasteiger partial charge in [-0.25, -0.2) is 0 Å². The van der Waals surface area contributed by atoms with Crippen LogP contribution >= 0.6 is 0 Å². The number of carbonyl (C=O) groups is 3. The normalized spacial score (nSPS) is 22.1. The lowest BCUT2D eigenvalue weighted by Gasteiger charge is -2.22. The molecule has 4 heteroatoms. The maximum absolute atomic E-state index is 11.5. The molecule has 1 aliphatic heterocycles. The Bertz CT molecular complexity index is 312. The fraction of sp³-hybridized carbons (Fsp3) is 0.769. The number of hydrogen-bond acceptors (Lipinski definition) is 3. The van der Waals surface area contributed by atoms with Crippen LogP contribution in [0.5, 0.6) is 0 Å². The molecule has 1 rings (SSSR count). The second kappa shape index (κ2) is 6.52. The van der Waals surface area contributed by atoms with Gasteiger partial charge in [-0.1, -0.05) is 13.3 Å². The van der Waals surface area contributed by atoms with Crippen molar-refractivity contribution in [2.45, 2.75) is 52.4 Å². The summed E-state index contributed by atoms with van der Waals surface area (Å²) in [5, 5.41) is 2.35. The summed E-state index contributed by atoms with van der Waals surface area (Å²) in [7, 11) is 0. The minimum Gasteiger partial charge on any atom is -0.300 e. The van der Waals surface area contributed by atoms with Gasteiger partial charge >= 0.3 is 0 Å². The standard InChI is InChI=1S/C13H21NO3/c1-3-4-10(9(2)15)5-6-11-7-8-12(16)14-13(11)17/h10-11H,3-8H2,1-2H3,(H,14,16,17). The fourth-order valence-corrected chi connectivity index (χ4v) is 2.32. The van der Waals surface area contributed by atoms with Crippen LogP contribution in [-0.2, 0) is 14.4 Å². The van der Waals surface area contributed by atoms with Crippen molar-refractivity contribution in [3.05, 3.63) is 0 Å². The smallest absolute Gasteiger partial charge is 0.229 e. The Morgan fingerprint density at radius 2 is 2.12 bits per heavy atom. The molecule has 4 nitrogen and oxygen atoms in total. The summed E-state index contributed by atoms with van der Waals surface area (Å²) in [5.41, 5.74) is 0. The molecule has 0 radical (unpaired) electrons. The van der Waals surface area contributed by atoms with Crippen LogP contribution in [-0.4, -0.2) is 17.6 Å². The molecule has 0 saturated carbocycles. The molecule has 1 heterocycles. The molecular weight excluding hydrogens is 218 g/mol. The summed E-state index contributed by atoms with van der Waals surface area (Å²) >= 11 is 0. The Hall–Kier alpha value is -1.19. The number of hydrogen-bond donors (Lipinski definition) is 1. The third kappa shape index (κ3) is 4.29. The van der Waals surface area contributed by atoms with Crippen molar-refractivity contribution < 1.29 is 14.4 Å². The molecule has 0 spiro atoms. The van der Waals surface area contributed by atoms with Crippen molar-refractivity contribution >= 4 is 17.6 Å². The van der Waals surface area contributed by atoms with E-state index in [0.29, 0.717) is 19.3 Å². The number of imide groups is 1. The molecule has 96 valence electrons. The van der Waals surface area contributed by atoms with E-state index in [9.17, 15) is 14.4 Å². The highest BCUT2D eigenvalue weighted by Gasteiger charge is 2.27. The third-order valence-electron chi connectivity index (χ3n) is 3.43. The molecule has 0 aliphatic carbocycles. The van der Waals surface area contributed by atoms with Crippen molar-refractivity contribution in [1.82, 2.24) is 5.32 Å². The van der Waals surface area contributed by atoms with Gasteiger partial charge in [-0.2, -0.15) is 0 Å². The molecule has 0 aromatic carbocycles. The average molecular weight is 239 g/mol. The zero-order valence-electron chi connectivity index (χ0n) is 10.6. The summed E-state index contributed by atoms with van der Waals surface area (Å²) in [6.07, 6.45) is 4.40. The van der Waals surface area contributed by atoms with Crippen molar-refractivity contribution in [2.75, 3.05) is 0 Å². The van der Waals surface area contributed by atoms with Gasteiger partial charge in [0.1, 0.15) is 5.78 Å². The fourth-order valence-electron chi connectivity index (χ4n) is 2.32. The van der Waals surface area contributed by atoms with Crippen LogP contribution in [0.2, 0.25) is 0 Å². The third-order valence-corrected chi connectivity index (χ3v) is 3.43. The minimum atomic E-state index is -0.178. The second-order valence-corrected chi connectivity index (χ2v) is 4.82. The Balaban J connectivity index is 2.40. The highest BCUT2D eigenvalue weighted by atomic mass is 16.2. The van der Waals surface area contributed by atoms with Crippen molar-refractivity contribution in [3.8, 4) is 0 Å². The molecule has 1 saturated heterocycles. The second-order valence-electron chi connectivity index (χ2n) is 4.82. The molecule has 1 fully saturated rings. The highest BCUT2D eigenvalue weighted by molar-refractivity contribution is 5.98. The molecular formula is C13H21NO3.